The molecule has 7 nitrogen and oxygen atoms in total. The SMILES string of the molecule is CC(=O)NCC(=O)N1CCN(C(=O)c2ccco2)CC1. The van der Waals surface area contributed by atoms with E-state index in [0.29, 0.717) is 31.9 Å². The van der Waals surface area contributed by atoms with Crippen LogP contribution in [0.3, 0.4) is 0 Å². The lowest BCUT2D eigenvalue weighted by Crippen LogP contribution is -2.52. The third kappa shape index (κ3) is 3.37. The van der Waals surface area contributed by atoms with E-state index in [1.54, 1.807) is 21.9 Å². The maximum Gasteiger partial charge on any atom is 0.289 e. The highest BCUT2D eigenvalue weighted by Gasteiger charge is 2.25. The summed E-state index contributed by atoms with van der Waals surface area (Å²) in [5.74, 6) is -0.220. The van der Waals surface area contributed by atoms with E-state index >= 15 is 0 Å². The fraction of sp³-hybridized carbons (Fsp3) is 0.462. The molecule has 1 aliphatic heterocycles. The second kappa shape index (κ2) is 6.23. The van der Waals surface area contributed by atoms with Gasteiger partial charge < -0.3 is 19.5 Å². The molecule has 0 unspecified atom stereocenters. The predicted octanol–water partition coefficient (Wildman–Crippen LogP) is -0.300. The Morgan fingerprint density at radius 3 is 2.40 bits per heavy atom. The van der Waals surface area contributed by atoms with Crippen LogP contribution in [-0.4, -0.2) is 60.2 Å². The van der Waals surface area contributed by atoms with Crippen LogP contribution < -0.4 is 5.32 Å². The molecule has 1 aromatic rings. The first-order valence-electron chi connectivity index (χ1n) is 6.43. The van der Waals surface area contributed by atoms with Crippen LogP contribution in [0.15, 0.2) is 22.8 Å². The molecule has 1 fully saturated rings. The van der Waals surface area contributed by atoms with E-state index in [4.69, 9.17) is 4.42 Å². The summed E-state index contributed by atoms with van der Waals surface area (Å²) in [6.45, 7) is 3.22. The van der Waals surface area contributed by atoms with Crippen molar-refractivity contribution in [2.24, 2.45) is 0 Å². The summed E-state index contributed by atoms with van der Waals surface area (Å²) >= 11 is 0. The Bertz CT molecular complexity index is 490. The number of hydrogen-bond acceptors (Lipinski definition) is 4. The normalized spacial score (nSPS) is 15.1. The van der Waals surface area contributed by atoms with E-state index in [1.807, 2.05) is 0 Å². The van der Waals surface area contributed by atoms with Crippen LogP contribution in [0.25, 0.3) is 0 Å². The highest BCUT2D eigenvalue weighted by molar-refractivity contribution is 5.91. The summed E-state index contributed by atoms with van der Waals surface area (Å²) in [5.41, 5.74) is 0. The van der Waals surface area contributed by atoms with Crippen molar-refractivity contribution in [3.63, 3.8) is 0 Å². The molecule has 1 aliphatic rings. The van der Waals surface area contributed by atoms with Gasteiger partial charge in [-0.15, -0.1) is 0 Å². The van der Waals surface area contributed by atoms with E-state index in [9.17, 15) is 14.4 Å². The van der Waals surface area contributed by atoms with Gasteiger partial charge in [-0.2, -0.15) is 0 Å². The summed E-state index contributed by atoms with van der Waals surface area (Å²) in [5, 5.41) is 2.47. The van der Waals surface area contributed by atoms with Gasteiger partial charge in [-0.3, -0.25) is 14.4 Å². The molecular weight excluding hydrogens is 262 g/mol. The van der Waals surface area contributed by atoms with Crippen LogP contribution in [0.4, 0.5) is 0 Å². The molecule has 2 rings (SSSR count). The molecule has 0 aliphatic carbocycles. The van der Waals surface area contributed by atoms with E-state index in [1.165, 1.54) is 13.2 Å². The fourth-order valence-corrected chi connectivity index (χ4v) is 2.03. The van der Waals surface area contributed by atoms with Gasteiger partial charge in [0.2, 0.25) is 11.8 Å². The highest BCUT2D eigenvalue weighted by atomic mass is 16.3. The number of rotatable bonds is 3. The quantitative estimate of drug-likeness (QED) is 0.823. The number of furan rings is 1. The van der Waals surface area contributed by atoms with Gasteiger partial charge in [-0.1, -0.05) is 0 Å². The maximum absolute atomic E-state index is 12.0. The number of nitrogens with one attached hydrogen (secondary N) is 1. The average molecular weight is 279 g/mol. The predicted molar refractivity (Wildman–Crippen MR) is 69.9 cm³/mol. The number of carbonyl (C=O) groups is 3. The molecule has 1 N–H and O–H groups in total. The molecule has 3 amide bonds. The first-order chi connectivity index (χ1) is 9.58. The van der Waals surface area contributed by atoms with Gasteiger partial charge in [0, 0.05) is 33.1 Å². The smallest absolute Gasteiger partial charge is 0.289 e. The van der Waals surface area contributed by atoms with E-state index in [0.717, 1.165) is 0 Å². The lowest BCUT2D eigenvalue weighted by atomic mass is 10.2. The molecule has 0 aromatic carbocycles. The molecule has 0 bridgehead atoms. The highest BCUT2D eigenvalue weighted by Crippen LogP contribution is 2.09. The lowest BCUT2D eigenvalue weighted by molar-refractivity contribution is -0.133. The monoisotopic (exact) mass is 279 g/mol. The van der Waals surface area contributed by atoms with E-state index in [-0.39, 0.29) is 24.3 Å². The zero-order valence-corrected chi connectivity index (χ0v) is 11.3. The Labute approximate surface area is 116 Å². The summed E-state index contributed by atoms with van der Waals surface area (Å²) < 4.78 is 5.07. The summed E-state index contributed by atoms with van der Waals surface area (Å²) in [6, 6.07) is 3.29. The second-order valence-corrected chi connectivity index (χ2v) is 4.56. The topological polar surface area (TPSA) is 82.9 Å². The third-order valence-electron chi connectivity index (χ3n) is 3.14. The zero-order valence-electron chi connectivity index (χ0n) is 11.3. The first kappa shape index (κ1) is 14.1. The van der Waals surface area contributed by atoms with E-state index in [2.05, 4.69) is 5.32 Å². The molecule has 1 saturated heterocycles. The minimum Gasteiger partial charge on any atom is -0.459 e. The number of nitrogens with zero attached hydrogens (tertiary/aromatic N) is 2. The van der Waals surface area contributed by atoms with Crippen molar-refractivity contribution in [1.29, 1.82) is 0 Å². The maximum atomic E-state index is 12.0. The van der Waals surface area contributed by atoms with Crippen molar-refractivity contribution in [2.75, 3.05) is 32.7 Å². The van der Waals surface area contributed by atoms with Crippen molar-refractivity contribution in [2.45, 2.75) is 6.92 Å². The standard InChI is InChI=1S/C13H17N3O4/c1-10(17)14-9-12(18)15-4-6-16(7-5-15)13(19)11-3-2-8-20-11/h2-3,8H,4-7,9H2,1H3,(H,14,17). The van der Waals surface area contributed by atoms with Gasteiger partial charge in [0.25, 0.3) is 5.91 Å². The molecule has 0 atom stereocenters. The van der Waals surface area contributed by atoms with Crippen LogP contribution in [0.5, 0.6) is 0 Å². The van der Waals surface area contributed by atoms with Gasteiger partial charge >= 0.3 is 0 Å². The van der Waals surface area contributed by atoms with Crippen LogP contribution >= 0.6 is 0 Å². The Balaban J connectivity index is 1.82. The molecular formula is C13H17N3O4. The van der Waals surface area contributed by atoms with Gasteiger partial charge in [0.1, 0.15) is 0 Å². The van der Waals surface area contributed by atoms with Crippen LogP contribution in [0, 0.1) is 0 Å². The molecule has 7 heteroatoms. The van der Waals surface area contributed by atoms with Gasteiger partial charge in [-0.05, 0) is 12.1 Å². The molecule has 20 heavy (non-hydrogen) atoms. The molecule has 0 spiro atoms. The van der Waals surface area contributed by atoms with Crippen molar-refractivity contribution in [1.82, 2.24) is 15.1 Å². The number of amides is 3. The second-order valence-electron chi connectivity index (χ2n) is 4.56. The number of carbonyl (C=O) groups excluding carboxylic acids is 3. The Kier molecular flexibility index (Phi) is 4.39. The average Bonchev–Trinajstić information content (AvgIpc) is 2.98. The molecule has 108 valence electrons. The Morgan fingerprint density at radius 2 is 1.85 bits per heavy atom. The Hall–Kier alpha value is -2.31. The van der Waals surface area contributed by atoms with Gasteiger partial charge in [-0.25, -0.2) is 0 Å². The van der Waals surface area contributed by atoms with Crippen LogP contribution in [0.2, 0.25) is 0 Å². The summed E-state index contributed by atoms with van der Waals surface area (Å²) in [6.07, 6.45) is 1.46. The molecule has 0 saturated carbocycles. The van der Waals surface area contributed by atoms with Gasteiger partial charge in [0.15, 0.2) is 5.76 Å². The minimum atomic E-state index is -0.231. The van der Waals surface area contributed by atoms with Crippen molar-refractivity contribution in [3.8, 4) is 0 Å². The number of piperazine rings is 1. The molecule has 2 heterocycles. The van der Waals surface area contributed by atoms with Crippen LogP contribution in [-0.2, 0) is 9.59 Å². The molecule has 0 radical (unpaired) electrons. The van der Waals surface area contributed by atoms with Crippen LogP contribution in [0.1, 0.15) is 17.5 Å². The summed E-state index contributed by atoms with van der Waals surface area (Å²) in [4.78, 5) is 37.9. The minimum absolute atomic E-state index is 0.00145. The fourth-order valence-electron chi connectivity index (χ4n) is 2.03. The van der Waals surface area contributed by atoms with Crippen molar-refractivity contribution >= 4 is 17.7 Å². The summed E-state index contributed by atoms with van der Waals surface area (Å²) in [7, 11) is 0. The van der Waals surface area contributed by atoms with Gasteiger partial charge in [0.05, 0.1) is 12.8 Å². The Morgan fingerprint density at radius 1 is 1.20 bits per heavy atom. The van der Waals surface area contributed by atoms with Crippen molar-refractivity contribution < 1.29 is 18.8 Å². The third-order valence-corrected chi connectivity index (χ3v) is 3.14. The van der Waals surface area contributed by atoms with Crippen molar-refractivity contribution in [3.05, 3.63) is 24.2 Å². The first-order valence-corrected chi connectivity index (χ1v) is 6.43. The lowest BCUT2D eigenvalue weighted by Gasteiger charge is -2.34. The zero-order chi connectivity index (χ0) is 14.5. The largest absolute Gasteiger partial charge is 0.459 e. The molecule has 1 aromatic heterocycles. The van der Waals surface area contributed by atoms with E-state index < -0.39 is 0 Å². The number of hydrogen-bond donors (Lipinski definition) is 1.